The van der Waals surface area contributed by atoms with Gasteiger partial charge in [-0.25, -0.2) is 4.39 Å². The Hall–Kier alpha value is -4.40. The van der Waals surface area contributed by atoms with Gasteiger partial charge in [-0.2, -0.15) is 13.2 Å². The monoisotopic (exact) mass is 603 g/mol. The summed E-state index contributed by atoms with van der Waals surface area (Å²) in [5, 5.41) is 10.3. The summed E-state index contributed by atoms with van der Waals surface area (Å²) in [5.41, 5.74) is 2.94. The first-order valence-electron chi connectivity index (χ1n) is 14.6. The van der Waals surface area contributed by atoms with Crippen molar-refractivity contribution in [2.24, 2.45) is 5.92 Å². The molecule has 2 N–H and O–H groups in total. The number of pyridine rings is 1. The third-order valence-corrected chi connectivity index (χ3v) is 8.26. The van der Waals surface area contributed by atoms with E-state index in [1.165, 1.54) is 11.6 Å². The molecule has 44 heavy (non-hydrogen) atoms. The smallest absolute Gasteiger partial charge is 0.321 e. The predicted molar refractivity (Wildman–Crippen MR) is 164 cm³/mol. The number of alkyl halides is 3. The maximum atomic E-state index is 13.5. The maximum Gasteiger partial charge on any atom is 0.418 e. The summed E-state index contributed by atoms with van der Waals surface area (Å²) in [6.07, 6.45) is 0.00556. The summed E-state index contributed by atoms with van der Waals surface area (Å²) in [4.78, 5) is 29.9. The van der Waals surface area contributed by atoms with Gasteiger partial charge in [-0.05, 0) is 98.4 Å². The van der Waals surface area contributed by atoms with E-state index in [-0.39, 0.29) is 17.8 Å². The minimum absolute atomic E-state index is 0.154. The van der Waals surface area contributed by atoms with Crippen molar-refractivity contribution in [3.8, 4) is 11.1 Å². The highest BCUT2D eigenvalue weighted by Gasteiger charge is 2.34. The molecule has 0 aliphatic heterocycles. The molecule has 9 heteroatoms. The lowest BCUT2D eigenvalue weighted by molar-refractivity contribution is -0.137. The SMILES string of the molecule is CC(=N)CC(=O)CC1CCC(c2ccc(-c3ccc4c(C(=O)Nc5ccc(F)cc5C(F)(F)F)cc(C)nc4c3)cc2)CC1. The van der Waals surface area contributed by atoms with Gasteiger partial charge in [-0.15, -0.1) is 0 Å². The molecule has 3 aromatic carbocycles. The van der Waals surface area contributed by atoms with Gasteiger partial charge in [0.05, 0.1) is 22.3 Å². The van der Waals surface area contributed by atoms with Gasteiger partial charge >= 0.3 is 6.18 Å². The molecule has 1 amide bonds. The predicted octanol–water partition coefficient (Wildman–Crippen LogP) is 9.28. The quantitative estimate of drug-likeness (QED) is 0.156. The maximum absolute atomic E-state index is 13.5. The molecule has 1 heterocycles. The van der Waals surface area contributed by atoms with Crippen molar-refractivity contribution in [1.82, 2.24) is 4.98 Å². The van der Waals surface area contributed by atoms with Gasteiger partial charge in [0, 0.05) is 29.6 Å². The molecule has 228 valence electrons. The van der Waals surface area contributed by atoms with Gasteiger partial charge in [0.25, 0.3) is 5.91 Å². The molecule has 1 aromatic heterocycles. The van der Waals surface area contributed by atoms with Crippen molar-refractivity contribution < 1.29 is 27.2 Å². The summed E-state index contributed by atoms with van der Waals surface area (Å²) in [6.45, 7) is 3.37. The average Bonchev–Trinajstić information content (AvgIpc) is 2.97. The Bertz CT molecular complexity index is 1720. The van der Waals surface area contributed by atoms with Crippen LogP contribution in [0.4, 0.5) is 23.2 Å². The number of aromatic nitrogens is 1. The highest BCUT2D eigenvalue weighted by atomic mass is 19.4. The van der Waals surface area contributed by atoms with E-state index in [4.69, 9.17) is 5.41 Å². The Morgan fingerprint density at radius 2 is 1.61 bits per heavy atom. The van der Waals surface area contributed by atoms with Crippen molar-refractivity contribution in [3.05, 3.63) is 94.9 Å². The minimum atomic E-state index is -4.84. The van der Waals surface area contributed by atoms with Crippen LogP contribution >= 0.6 is 0 Å². The summed E-state index contributed by atoms with van der Waals surface area (Å²) in [7, 11) is 0. The van der Waals surface area contributed by atoms with Gasteiger partial charge in [-0.1, -0.05) is 36.4 Å². The van der Waals surface area contributed by atoms with Gasteiger partial charge in [0.1, 0.15) is 11.6 Å². The number of nitrogens with zero attached hydrogens (tertiary/aromatic N) is 1. The minimum Gasteiger partial charge on any atom is -0.321 e. The number of hydrogen-bond acceptors (Lipinski definition) is 4. The van der Waals surface area contributed by atoms with E-state index in [9.17, 15) is 27.2 Å². The van der Waals surface area contributed by atoms with E-state index in [0.29, 0.717) is 46.6 Å². The average molecular weight is 604 g/mol. The van der Waals surface area contributed by atoms with Crippen LogP contribution in [0.5, 0.6) is 0 Å². The van der Waals surface area contributed by atoms with E-state index in [0.717, 1.165) is 48.9 Å². The van der Waals surface area contributed by atoms with Crippen LogP contribution < -0.4 is 5.32 Å². The van der Waals surface area contributed by atoms with E-state index in [2.05, 4.69) is 34.6 Å². The van der Waals surface area contributed by atoms with E-state index in [1.54, 1.807) is 19.9 Å². The number of ketones is 1. The number of hydrogen-bond donors (Lipinski definition) is 2. The molecule has 1 aliphatic carbocycles. The third kappa shape index (κ3) is 7.21. The molecule has 0 unspecified atom stereocenters. The van der Waals surface area contributed by atoms with Gasteiger partial charge in [0.2, 0.25) is 0 Å². The lowest BCUT2D eigenvalue weighted by atomic mass is 9.76. The first-order valence-corrected chi connectivity index (χ1v) is 14.6. The molecule has 0 bridgehead atoms. The van der Waals surface area contributed by atoms with Crippen molar-refractivity contribution in [1.29, 1.82) is 5.41 Å². The zero-order valence-electron chi connectivity index (χ0n) is 24.5. The van der Waals surface area contributed by atoms with Crippen LogP contribution in [0.1, 0.15) is 78.5 Å². The second-order valence-corrected chi connectivity index (χ2v) is 11.7. The number of carbonyl (C=O) groups excluding carboxylic acids is 2. The molecule has 0 saturated heterocycles. The van der Waals surface area contributed by atoms with Crippen molar-refractivity contribution in [2.75, 3.05) is 5.32 Å². The molecule has 0 atom stereocenters. The molecule has 1 aliphatic rings. The molecule has 0 radical (unpaired) electrons. The van der Waals surface area contributed by atoms with E-state index >= 15 is 0 Å². The number of halogens is 4. The van der Waals surface area contributed by atoms with Gasteiger partial charge in [-0.3, -0.25) is 14.6 Å². The highest BCUT2D eigenvalue weighted by molar-refractivity contribution is 6.13. The number of anilines is 1. The summed E-state index contributed by atoms with van der Waals surface area (Å²) in [5.74, 6) is -0.825. The zero-order chi connectivity index (χ0) is 31.6. The molecular formula is C35H33F4N3O2. The van der Waals surface area contributed by atoms with E-state index < -0.39 is 29.2 Å². The van der Waals surface area contributed by atoms with Gasteiger partial charge in [0.15, 0.2) is 0 Å². The Kier molecular flexibility index (Phi) is 8.95. The fraction of sp³-hybridized carbons (Fsp3) is 0.314. The number of amides is 1. The van der Waals surface area contributed by atoms with Crippen LogP contribution in [0.3, 0.4) is 0 Å². The van der Waals surface area contributed by atoms with Crippen LogP contribution in [0.25, 0.3) is 22.0 Å². The van der Waals surface area contributed by atoms with Crippen LogP contribution in [0, 0.1) is 24.1 Å². The van der Waals surface area contributed by atoms with Crippen molar-refractivity contribution in [2.45, 2.75) is 64.5 Å². The Morgan fingerprint density at radius 3 is 2.27 bits per heavy atom. The number of nitrogens with one attached hydrogen (secondary N) is 2. The lowest BCUT2D eigenvalue weighted by Crippen LogP contribution is -2.17. The summed E-state index contributed by atoms with van der Waals surface area (Å²) in [6, 6.07) is 17.4. The molecule has 1 saturated carbocycles. The standard InChI is InChI=1S/C35H33F4N3O2/c1-20(40)15-28(43)17-22-3-5-23(6-4-22)24-7-9-25(10-8-24)26-11-13-29-30(16-21(2)41-33(29)18-26)34(44)42-32-14-12-27(36)19-31(32)35(37,38)39/h7-14,16,18-19,22-23,40H,3-6,15,17H2,1-2H3,(H,42,44). The normalized spacial score (nSPS) is 17.0. The molecule has 5 rings (SSSR count). The fourth-order valence-electron chi connectivity index (χ4n) is 6.12. The largest absolute Gasteiger partial charge is 0.418 e. The summed E-state index contributed by atoms with van der Waals surface area (Å²) >= 11 is 0. The second kappa shape index (κ2) is 12.7. The number of carbonyl (C=O) groups is 2. The van der Waals surface area contributed by atoms with Gasteiger partial charge < -0.3 is 10.7 Å². The van der Waals surface area contributed by atoms with Crippen LogP contribution in [-0.2, 0) is 11.0 Å². The Labute approximate surface area is 253 Å². The van der Waals surface area contributed by atoms with E-state index in [1.807, 2.05) is 12.1 Å². The molecular weight excluding hydrogens is 570 g/mol. The summed E-state index contributed by atoms with van der Waals surface area (Å²) < 4.78 is 54.0. The Morgan fingerprint density at radius 1 is 0.932 bits per heavy atom. The lowest BCUT2D eigenvalue weighted by Gasteiger charge is -2.28. The molecule has 0 spiro atoms. The van der Waals surface area contributed by atoms with Crippen molar-refractivity contribution >= 4 is 34.0 Å². The first kappa shape index (κ1) is 31.0. The molecule has 1 fully saturated rings. The fourth-order valence-corrected chi connectivity index (χ4v) is 6.12. The third-order valence-electron chi connectivity index (χ3n) is 8.26. The second-order valence-electron chi connectivity index (χ2n) is 11.7. The molecule has 5 nitrogen and oxygen atoms in total. The highest BCUT2D eigenvalue weighted by Crippen LogP contribution is 2.39. The van der Waals surface area contributed by atoms with Crippen LogP contribution in [-0.4, -0.2) is 22.4 Å². The number of fused-ring (bicyclic) bond motifs is 1. The molecule has 4 aromatic rings. The number of aryl methyl sites for hydroxylation is 1. The zero-order valence-corrected chi connectivity index (χ0v) is 24.5. The number of Topliss-reactive ketones (excluding diaryl/α,β-unsaturated/α-hetero) is 1. The van der Waals surface area contributed by atoms with Crippen LogP contribution in [0.15, 0.2) is 66.7 Å². The number of benzene rings is 3. The Balaban J connectivity index is 1.31. The topological polar surface area (TPSA) is 82.9 Å². The number of rotatable bonds is 8. The van der Waals surface area contributed by atoms with Crippen molar-refractivity contribution in [3.63, 3.8) is 0 Å². The van der Waals surface area contributed by atoms with Crippen LogP contribution in [0.2, 0.25) is 0 Å². The first-order chi connectivity index (χ1) is 20.9.